The third kappa shape index (κ3) is 5.47. The predicted octanol–water partition coefficient (Wildman–Crippen LogP) is 2.46. The lowest BCUT2D eigenvalue weighted by molar-refractivity contribution is -0.386. The number of likely N-dealkylation sites (N-methyl/N-ethyl adjacent to an activating group) is 1. The predicted molar refractivity (Wildman–Crippen MR) is 101 cm³/mol. The fraction of sp³-hybridized carbons (Fsp3) is 0.722. The summed E-state index contributed by atoms with van der Waals surface area (Å²) in [6.45, 7) is 5.61. The summed E-state index contributed by atoms with van der Waals surface area (Å²) in [5.41, 5.74) is -0.00284. The number of nitrogens with zero attached hydrogens (tertiary/aromatic N) is 5. The van der Waals surface area contributed by atoms with Gasteiger partial charge < -0.3 is 14.5 Å². The van der Waals surface area contributed by atoms with Crippen LogP contribution in [0.3, 0.4) is 0 Å². The highest BCUT2D eigenvalue weighted by Gasteiger charge is 2.32. The summed E-state index contributed by atoms with van der Waals surface area (Å²) >= 11 is 0. The molecule has 1 aromatic heterocycles. The minimum absolute atomic E-state index is 0.449. The summed E-state index contributed by atoms with van der Waals surface area (Å²) in [5, 5.41) is 11.2. The van der Waals surface area contributed by atoms with Crippen molar-refractivity contribution in [2.45, 2.75) is 32.0 Å². The molecule has 8 nitrogen and oxygen atoms in total. The fourth-order valence-electron chi connectivity index (χ4n) is 3.91. The van der Waals surface area contributed by atoms with Crippen molar-refractivity contribution >= 4 is 11.5 Å². The largest absolute Gasteiger partial charge is 0.463 e. The van der Waals surface area contributed by atoms with E-state index in [4.69, 9.17) is 0 Å². The molecule has 0 spiro atoms. The van der Waals surface area contributed by atoms with E-state index >= 15 is 0 Å². The number of ether oxygens (including phenoxy) is 1. The van der Waals surface area contributed by atoms with Crippen LogP contribution in [0.2, 0.25) is 0 Å². The van der Waals surface area contributed by atoms with E-state index in [0.717, 1.165) is 39.0 Å². The Morgan fingerprint density at radius 1 is 1.21 bits per heavy atom. The van der Waals surface area contributed by atoms with Gasteiger partial charge in [-0.2, -0.15) is 18.2 Å². The van der Waals surface area contributed by atoms with Crippen LogP contribution in [-0.2, 0) is 0 Å². The van der Waals surface area contributed by atoms with E-state index in [1.807, 2.05) is 4.90 Å². The number of rotatable bonds is 5. The molecule has 0 bridgehead atoms. The summed E-state index contributed by atoms with van der Waals surface area (Å²) in [6.07, 6.45) is -2.76. The minimum Gasteiger partial charge on any atom is -0.463 e. The molecule has 2 fully saturated rings. The molecule has 2 aliphatic rings. The summed E-state index contributed by atoms with van der Waals surface area (Å²) in [7, 11) is 2.11. The maximum absolute atomic E-state index is 12.5. The first-order valence-electron chi connectivity index (χ1n) is 9.67. The average molecular weight is 417 g/mol. The maximum Gasteiger partial charge on any atom is 0.422 e. The summed E-state index contributed by atoms with van der Waals surface area (Å²) in [5.74, 6) is -0.140. The molecule has 3 heterocycles. The first-order chi connectivity index (χ1) is 13.6. The number of piperidine rings is 1. The van der Waals surface area contributed by atoms with Gasteiger partial charge >= 0.3 is 11.9 Å². The molecule has 0 unspecified atom stereocenters. The second-order valence-electron chi connectivity index (χ2n) is 7.67. The molecule has 0 N–H and O–H groups in total. The average Bonchev–Trinajstić information content (AvgIpc) is 2.67. The van der Waals surface area contributed by atoms with Crippen LogP contribution in [0.1, 0.15) is 18.4 Å². The van der Waals surface area contributed by atoms with Gasteiger partial charge in [0.1, 0.15) is 5.82 Å². The Labute approximate surface area is 167 Å². The molecular weight excluding hydrogens is 391 g/mol. The second-order valence-corrected chi connectivity index (χ2v) is 7.67. The van der Waals surface area contributed by atoms with Gasteiger partial charge in [-0.1, -0.05) is 0 Å². The molecule has 0 amide bonds. The fourth-order valence-corrected chi connectivity index (χ4v) is 3.91. The van der Waals surface area contributed by atoms with Gasteiger partial charge in [0.25, 0.3) is 5.88 Å². The highest BCUT2D eigenvalue weighted by molar-refractivity contribution is 5.56. The number of nitro groups is 1. The Bertz CT molecular complexity index is 730. The Morgan fingerprint density at radius 3 is 2.38 bits per heavy atom. The molecule has 11 heteroatoms. The zero-order valence-electron chi connectivity index (χ0n) is 16.6. The van der Waals surface area contributed by atoms with Crippen molar-refractivity contribution in [1.82, 2.24) is 14.8 Å². The zero-order chi connectivity index (χ0) is 21.2. The van der Waals surface area contributed by atoms with Crippen LogP contribution in [0.4, 0.5) is 24.7 Å². The Hall–Kier alpha value is -2.14. The molecule has 1 aromatic rings. The Kier molecular flexibility index (Phi) is 6.47. The molecule has 0 saturated carbocycles. The Balaban J connectivity index is 1.71. The molecule has 2 saturated heterocycles. The van der Waals surface area contributed by atoms with Crippen LogP contribution in [-0.4, -0.2) is 84.8 Å². The number of alkyl halides is 3. The number of piperazine rings is 1. The standard InChI is InChI=1S/C18H26F3N5O3/c1-13-11-15(26(27)28)17(29-12-18(19,20)21)22-16(13)25-5-3-14(4-6-25)24-9-7-23(2)8-10-24/h11,14H,3-10,12H2,1-2H3. The van der Waals surface area contributed by atoms with Crippen LogP contribution < -0.4 is 9.64 Å². The smallest absolute Gasteiger partial charge is 0.422 e. The highest BCUT2D eigenvalue weighted by Crippen LogP contribution is 2.33. The molecule has 0 atom stereocenters. The van der Waals surface area contributed by atoms with E-state index in [-0.39, 0.29) is 0 Å². The topological polar surface area (TPSA) is 75.0 Å². The minimum atomic E-state index is -4.60. The van der Waals surface area contributed by atoms with Crippen molar-refractivity contribution in [3.05, 3.63) is 21.7 Å². The van der Waals surface area contributed by atoms with E-state index in [1.54, 1.807) is 6.92 Å². The molecule has 2 aliphatic heterocycles. The Morgan fingerprint density at radius 2 is 1.83 bits per heavy atom. The van der Waals surface area contributed by atoms with Crippen LogP contribution in [0.25, 0.3) is 0 Å². The van der Waals surface area contributed by atoms with Crippen molar-refractivity contribution in [2.24, 2.45) is 0 Å². The first-order valence-corrected chi connectivity index (χ1v) is 9.67. The van der Waals surface area contributed by atoms with Crippen LogP contribution in [0.5, 0.6) is 5.88 Å². The number of anilines is 1. The molecule has 162 valence electrons. The van der Waals surface area contributed by atoms with Crippen molar-refractivity contribution in [1.29, 1.82) is 0 Å². The van der Waals surface area contributed by atoms with Gasteiger partial charge in [-0.3, -0.25) is 15.0 Å². The third-order valence-corrected chi connectivity index (χ3v) is 5.52. The van der Waals surface area contributed by atoms with Crippen molar-refractivity contribution in [3.63, 3.8) is 0 Å². The first kappa shape index (κ1) is 21.6. The number of halogens is 3. The summed E-state index contributed by atoms with van der Waals surface area (Å²) in [4.78, 5) is 21.3. The molecule has 0 aliphatic carbocycles. The summed E-state index contributed by atoms with van der Waals surface area (Å²) in [6, 6.07) is 1.71. The monoisotopic (exact) mass is 417 g/mol. The van der Waals surface area contributed by atoms with Crippen molar-refractivity contribution < 1.29 is 22.8 Å². The van der Waals surface area contributed by atoms with E-state index < -0.39 is 29.3 Å². The summed E-state index contributed by atoms with van der Waals surface area (Å²) < 4.78 is 42.2. The number of aryl methyl sites for hydroxylation is 1. The van der Waals surface area contributed by atoms with Gasteiger partial charge in [-0.05, 0) is 32.4 Å². The van der Waals surface area contributed by atoms with Crippen molar-refractivity contribution in [2.75, 3.05) is 57.8 Å². The van der Waals surface area contributed by atoms with Gasteiger partial charge in [0, 0.05) is 51.4 Å². The molecule has 3 rings (SSSR count). The SMILES string of the molecule is Cc1cc([N+](=O)[O-])c(OCC(F)(F)F)nc1N1CCC(N2CCN(C)CC2)CC1. The molecule has 29 heavy (non-hydrogen) atoms. The highest BCUT2D eigenvalue weighted by atomic mass is 19.4. The molecule has 0 radical (unpaired) electrons. The van der Waals surface area contributed by atoms with Crippen LogP contribution in [0.15, 0.2) is 6.07 Å². The van der Waals surface area contributed by atoms with Gasteiger partial charge in [0.05, 0.1) is 4.92 Å². The van der Waals surface area contributed by atoms with E-state index in [9.17, 15) is 23.3 Å². The molecular formula is C18H26F3N5O3. The maximum atomic E-state index is 12.5. The zero-order valence-corrected chi connectivity index (χ0v) is 16.6. The lowest BCUT2D eigenvalue weighted by Crippen LogP contribution is -2.52. The number of pyridine rings is 1. The quantitative estimate of drug-likeness (QED) is 0.538. The number of aromatic nitrogens is 1. The third-order valence-electron chi connectivity index (χ3n) is 5.52. The normalized spacial score (nSPS) is 20.1. The lowest BCUT2D eigenvalue weighted by Gasteiger charge is -2.42. The van der Waals surface area contributed by atoms with E-state index in [2.05, 4.69) is 26.6 Å². The number of hydrogen-bond donors (Lipinski definition) is 0. The van der Waals surface area contributed by atoms with Crippen LogP contribution in [0, 0.1) is 17.0 Å². The second kappa shape index (κ2) is 8.70. The van der Waals surface area contributed by atoms with E-state index in [1.165, 1.54) is 6.07 Å². The van der Waals surface area contributed by atoms with Gasteiger partial charge in [-0.15, -0.1) is 0 Å². The van der Waals surface area contributed by atoms with E-state index in [0.29, 0.717) is 30.5 Å². The van der Waals surface area contributed by atoms with Gasteiger partial charge in [-0.25, -0.2) is 0 Å². The lowest BCUT2D eigenvalue weighted by atomic mass is 10.0. The molecule has 0 aromatic carbocycles. The van der Waals surface area contributed by atoms with Gasteiger partial charge in [0.15, 0.2) is 6.61 Å². The number of hydrogen-bond acceptors (Lipinski definition) is 7. The van der Waals surface area contributed by atoms with Crippen molar-refractivity contribution in [3.8, 4) is 5.88 Å². The van der Waals surface area contributed by atoms with Gasteiger partial charge in [0.2, 0.25) is 0 Å². The van der Waals surface area contributed by atoms with Crippen LogP contribution >= 0.6 is 0 Å².